The van der Waals surface area contributed by atoms with E-state index in [1.54, 1.807) is 36.4 Å². The minimum atomic E-state index is -0.614. The Bertz CT molecular complexity index is 1040. The highest BCUT2D eigenvalue weighted by Crippen LogP contribution is 2.22. The van der Waals surface area contributed by atoms with Crippen molar-refractivity contribution >= 4 is 11.6 Å². The first-order valence-electron chi connectivity index (χ1n) is 8.41. The highest BCUT2D eigenvalue weighted by molar-refractivity contribution is 6.04. The van der Waals surface area contributed by atoms with Gasteiger partial charge in [-0.15, -0.1) is 0 Å². The first-order valence-corrected chi connectivity index (χ1v) is 8.41. The predicted octanol–water partition coefficient (Wildman–Crippen LogP) is 2.76. The summed E-state index contributed by atoms with van der Waals surface area (Å²) in [7, 11) is 1.47. The van der Waals surface area contributed by atoms with Crippen molar-refractivity contribution in [2.75, 3.05) is 12.4 Å². The van der Waals surface area contributed by atoms with Gasteiger partial charge in [-0.25, -0.2) is 0 Å². The van der Waals surface area contributed by atoms with Crippen LogP contribution >= 0.6 is 0 Å². The Hall–Kier alpha value is -3.61. The van der Waals surface area contributed by atoms with Crippen LogP contribution in [0.2, 0.25) is 0 Å². The Morgan fingerprint density at radius 3 is 2.63 bits per heavy atom. The van der Waals surface area contributed by atoms with E-state index in [0.29, 0.717) is 17.1 Å². The third-order valence-corrected chi connectivity index (χ3v) is 4.09. The van der Waals surface area contributed by atoms with Gasteiger partial charge in [0.25, 0.3) is 11.5 Å². The van der Waals surface area contributed by atoms with Gasteiger partial charge in [-0.05, 0) is 30.2 Å². The fourth-order valence-electron chi connectivity index (χ4n) is 2.72. The van der Waals surface area contributed by atoms with Gasteiger partial charge in [-0.2, -0.15) is 9.78 Å². The first kappa shape index (κ1) is 18.2. The summed E-state index contributed by atoms with van der Waals surface area (Å²) in [6, 6.07) is 15.1. The molecule has 0 spiro atoms. The van der Waals surface area contributed by atoms with E-state index in [4.69, 9.17) is 4.74 Å². The quantitative estimate of drug-likeness (QED) is 0.725. The van der Waals surface area contributed by atoms with Gasteiger partial charge >= 0.3 is 0 Å². The molecule has 0 aliphatic heterocycles. The van der Waals surface area contributed by atoms with Gasteiger partial charge < -0.3 is 15.2 Å². The molecule has 0 radical (unpaired) electrons. The maximum absolute atomic E-state index is 12.7. The predicted molar refractivity (Wildman–Crippen MR) is 102 cm³/mol. The van der Waals surface area contributed by atoms with Crippen LogP contribution in [0.4, 0.5) is 5.69 Å². The van der Waals surface area contributed by atoms with Crippen LogP contribution < -0.4 is 15.6 Å². The summed E-state index contributed by atoms with van der Waals surface area (Å²) in [5.41, 5.74) is 1.10. The van der Waals surface area contributed by atoms with Gasteiger partial charge in [0.2, 0.25) is 0 Å². The molecule has 0 fully saturated rings. The fourth-order valence-corrected chi connectivity index (χ4v) is 2.72. The van der Waals surface area contributed by atoms with Crippen molar-refractivity contribution in [3.05, 3.63) is 76.2 Å². The van der Waals surface area contributed by atoms with E-state index in [0.717, 1.165) is 22.7 Å². The van der Waals surface area contributed by atoms with Crippen LogP contribution in [-0.2, 0) is 6.42 Å². The van der Waals surface area contributed by atoms with Crippen molar-refractivity contribution in [2.45, 2.75) is 13.3 Å². The van der Waals surface area contributed by atoms with Crippen molar-refractivity contribution < 1.29 is 14.6 Å². The molecule has 27 heavy (non-hydrogen) atoms. The van der Waals surface area contributed by atoms with Gasteiger partial charge in [0, 0.05) is 11.8 Å². The Balaban J connectivity index is 2.04. The topological polar surface area (TPSA) is 93.5 Å². The van der Waals surface area contributed by atoms with Gasteiger partial charge in [-0.1, -0.05) is 37.3 Å². The number of nitrogens with zero attached hydrogens (tertiary/aromatic N) is 2. The summed E-state index contributed by atoms with van der Waals surface area (Å²) in [4.78, 5) is 25.0. The number of carbonyl (C=O) groups is 1. The van der Waals surface area contributed by atoms with Crippen LogP contribution in [0, 0.1) is 0 Å². The molecule has 1 aromatic heterocycles. The second-order valence-electron chi connectivity index (χ2n) is 5.76. The Morgan fingerprint density at radius 2 is 1.89 bits per heavy atom. The van der Waals surface area contributed by atoms with E-state index < -0.39 is 17.2 Å². The fraction of sp³-hybridized carbons (Fsp3) is 0.150. The lowest BCUT2D eigenvalue weighted by molar-refractivity contribution is 0.101. The molecule has 0 aliphatic rings. The van der Waals surface area contributed by atoms with Crippen LogP contribution in [0.5, 0.6) is 11.5 Å². The molecule has 3 aromatic rings. The largest absolute Gasteiger partial charge is 0.505 e. The van der Waals surface area contributed by atoms with Crippen molar-refractivity contribution in [1.29, 1.82) is 0 Å². The van der Waals surface area contributed by atoms with Gasteiger partial charge in [0.05, 0.1) is 7.11 Å². The van der Waals surface area contributed by atoms with Gasteiger partial charge in [0.15, 0.2) is 11.4 Å². The molecule has 7 nitrogen and oxygen atoms in total. The highest BCUT2D eigenvalue weighted by Gasteiger charge is 2.19. The van der Waals surface area contributed by atoms with E-state index in [1.807, 2.05) is 19.1 Å². The first-order chi connectivity index (χ1) is 13.0. The number of amides is 1. The van der Waals surface area contributed by atoms with Crippen LogP contribution in [0.15, 0.2) is 59.4 Å². The lowest BCUT2D eigenvalue weighted by Crippen LogP contribution is -2.25. The monoisotopic (exact) mass is 365 g/mol. The molecule has 0 saturated carbocycles. The van der Waals surface area contributed by atoms with Crippen molar-refractivity contribution in [3.8, 4) is 17.2 Å². The third-order valence-electron chi connectivity index (χ3n) is 4.09. The van der Waals surface area contributed by atoms with E-state index in [-0.39, 0.29) is 5.69 Å². The number of anilines is 1. The molecule has 0 atom stereocenters. The molecule has 3 rings (SSSR count). The van der Waals surface area contributed by atoms with Crippen molar-refractivity contribution in [1.82, 2.24) is 9.78 Å². The number of hydrogen-bond donors (Lipinski definition) is 2. The van der Waals surface area contributed by atoms with Gasteiger partial charge in [0.1, 0.15) is 11.4 Å². The summed E-state index contributed by atoms with van der Waals surface area (Å²) in [5, 5.41) is 16.9. The van der Waals surface area contributed by atoms with E-state index in [2.05, 4.69) is 10.4 Å². The lowest BCUT2D eigenvalue weighted by Gasteiger charge is -2.13. The van der Waals surface area contributed by atoms with E-state index in [1.165, 1.54) is 7.11 Å². The molecular weight excluding hydrogens is 346 g/mol. The average Bonchev–Trinajstić information content (AvgIpc) is 2.68. The number of hydrogen-bond acceptors (Lipinski definition) is 5. The molecule has 1 amide bonds. The number of rotatable bonds is 5. The second-order valence-corrected chi connectivity index (χ2v) is 5.76. The number of para-hydroxylation sites is 3. The minimum absolute atomic E-state index is 0.258. The number of methoxy groups -OCH3 is 1. The summed E-state index contributed by atoms with van der Waals surface area (Å²) in [6.45, 7) is 1.97. The molecule has 0 saturated heterocycles. The zero-order valence-electron chi connectivity index (χ0n) is 15.0. The molecule has 0 aliphatic carbocycles. The Labute approximate surface area is 155 Å². The molecular formula is C20H19N3O4. The average molecular weight is 365 g/mol. The number of aryl methyl sites for hydroxylation is 1. The third kappa shape index (κ3) is 3.67. The van der Waals surface area contributed by atoms with Crippen LogP contribution in [-0.4, -0.2) is 27.9 Å². The van der Waals surface area contributed by atoms with Crippen molar-refractivity contribution in [2.24, 2.45) is 0 Å². The lowest BCUT2D eigenvalue weighted by atomic mass is 10.1. The summed E-state index contributed by atoms with van der Waals surface area (Å²) in [5.74, 6) is -0.685. The molecule has 2 aromatic carbocycles. The normalized spacial score (nSPS) is 10.4. The van der Waals surface area contributed by atoms with Crippen LogP contribution in [0.3, 0.4) is 0 Å². The van der Waals surface area contributed by atoms with E-state index in [9.17, 15) is 14.7 Å². The van der Waals surface area contributed by atoms with E-state index >= 15 is 0 Å². The zero-order valence-corrected chi connectivity index (χ0v) is 15.0. The standard InChI is InChI=1S/C20H19N3O4/c1-3-13-8-4-5-9-14(13)21-20(26)19-16(24)12-18(25)23(22-19)15-10-6-7-11-17(15)27-2/h4-12,24H,3H2,1-2H3,(H,21,26). The van der Waals surface area contributed by atoms with Crippen LogP contribution in [0.25, 0.3) is 5.69 Å². The molecule has 2 N–H and O–H groups in total. The van der Waals surface area contributed by atoms with Crippen LogP contribution in [0.1, 0.15) is 23.0 Å². The number of carbonyl (C=O) groups excluding carboxylic acids is 1. The molecule has 1 heterocycles. The Morgan fingerprint density at radius 1 is 1.19 bits per heavy atom. The summed E-state index contributed by atoms with van der Waals surface area (Å²) < 4.78 is 6.28. The Kier molecular flexibility index (Phi) is 5.21. The number of benzene rings is 2. The number of aromatic nitrogens is 2. The number of ether oxygens (including phenoxy) is 1. The van der Waals surface area contributed by atoms with Crippen molar-refractivity contribution in [3.63, 3.8) is 0 Å². The number of nitrogens with one attached hydrogen (secondary N) is 1. The maximum Gasteiger partial charge on any atom is 0.279 e. The van der Waals surface area contributed by atoms with Gasteiger partial charge in [-0.3, -0.25) is 9.59 Å². The second kappa shape index (κ2) is 7.74. The summed E-state index contributed by atoms with van der Waals surface area (Å²) in [6.07, 6.45) is 0.733. The molecule has 0 bridgehead atoms. The smallest absolute Gasteiger partial charge is 0.279 e. The zero-order chi connectivity index (χ0) is 19.4. The molecule has 0 unspecified atom stereocenters. The minimum Gasteiger partial charge on any atom is -0.505 e. The number of aromatic hydroxyl groups is 1. The molecule has 7 heteroatoms. The maximum atomic E-state index is 12.7. The SMILES string of the molecule is CCc1ccccc1NC(=O)c1nn(-c2ccccc2OC)c(=O)cc1O. The highest BCUT2D eigenvalue weighted by atomic mass is 16.5. The summed E-state index contributed by atoms with van der Waals surface area (Å²) >= 11 is 0. The molecule has 138 valence electrons.